The molecular weight excluding hydrogens is 430 g/mol. The summed E-state index contributed by atoms with van der Waals surface area (Å²) in [5.74, 6) is 6.86. The van der Waals surface area contributed by atoms with Gasteiger partial charge in [-0.15, -0.1) is 0 Å². The molecule has 3 rings (SSSR count). The fourth-order valence-corrected chi connectivity index (χ4v) is 3.84. The van der Waals surface area contributed by atoms with Crippen LogP contribution in [0.2, 0.25) is 0 Å². The van der Waals surface area contributed by atoms with Gasteiger partial charge >= 0.3 is 0 Å². The Hall–Kier alpha value is -3.02. The molecule has 0 spiro atoms. The van der Waals surface area contributed by atoms with Gasteiger partial charge in [0.05, 0.1) is 12.6 Å². The molecule has 2 aromatic heterocycles. The smallest absolute Gasteiger partial charge is 0.259 e. The van der Waals surface area contributed by atoms with E-state index >= 15 is 0 Å². The van der Waals surface area contributed by atoms with Crippen molar-refractivity contribution in [1.82, 2.24) is 24.8 Å². The van der Waals surface area contributed by atoms with Crippen LogP contribution in [-0.4, -0.2) is 74.7 Å². The quantitative estimate of drug-likeness (QED) is 0.629. The molecule has 0 aliphatic carbocycles. The maximum absolute atomic E-state index is 13.5. The van der Waals surface area contributed by atoms with Gasteiger partial charge in [0.1, 0.15) is 18.0 Å². The number of pyridine rings is 1. The summed E-state index contributed by atoms with van der Waals surface area (Å²) in [5.41, 5.74) is 2.07. The van der Waals surface area contributed by atoms with Crippen LogP contribution in [-0.2, 0) is 6.54 Å². The minimum atomic E-state index is -0.323. The van der Waals surface area contributed by atoms with E-state index in [1.165, 1.54) is 6.33 Å². The molecule has 0 aromatic carbocycles. The minimum absolute atomic E-state index is 0.0212. The van der Waals surface area contributed by atoms with Crippen molar-refractivity contribution in [1.29, 1.82) is 0 Å². The van der Waals surface area contributed by atoms with Crippen LogP contribution in [0.4, 0.5) is 0 Å². The molecular formula is C26H35N5O3. The number of hydrogen-bond acceptors (Lipinski definition) is 7. The zero-order chi connectivity index (χ0) is 24.7. The number of nitrogens with zero attached hydrogens (tertiary/aromatic N) is 5. The second-order valence-electron chi connectivity index (χ2n) is 9.54. The second kappa shape index (κ2) is 11.9. The normalized spacial score (nSPS) is 19.1. The fourth-order valence-electron chi connectivity index (χ4n) is 3.84. The highest BCUT2D eigenvalue weighted by atomic mass is 16.5. The Labute approximate surface area is 202 Å². The molecule has 1 N–H and O–H groups in total. The van der Waals surface area contributed by atoms with Gasteiger partial charge in [-0.2, -0.15) is 0 Å². The molecule has 3 heterocycles. The van der Waals surface area contributed by atoms with E-state index in [1.54, 1.807) is 29.6 Å². The summed E-state index contributed by atoms with van der Waals surface area (Å²) in [4.78, 5) is 30.0. The molecule has 3 atom stereocenters. The number of hydrogen-bond donors (Lipinski definition) is 1. The van der Waals surface area contributed by atoms with Crippen molar-refractivity contribution in [3.05, 3.63) is 47.7 Å². The van der Waals surface area contributed by atoms with E-state index in [9.17, 15) is 9.90 Å². The zero-order valence-corrected chi connectivity index (χ0v) is 20.7. The third-order valence-corrected chi connectivity index (χ3v) is 5.82. The molecule has 0 unspecified atom stereocenters. The third-order valence-electron chi connectivity index (χ3n) is 5.82. The number of amides is 1. The Kier molecular flexibility index (Phi) is 8.97. The van der Waals surface area contributed by atoms with Crippen molar-refractivity contribution in [2.45, 2.75) is 52.8 Å². The van der Waals surface area contributed by atoms with Crippen molar-refractivity contribution < 1.29 is 14.6 Å². The molecule has 0 bridgehead atoms. The third kappa shape index (κ3) is 6.75. The zero-order valence-electron chi connectivity index (χ0n) is 20.7. The molecule has 1 aliphatic heterocycles. The predicted molar refractivity (Wildman–Crippen MR) is 130 cm³/mol. The first kappa shape index (κ1) is 25.6. The maximum Gasteiger partial charge on any atom is 0.259 e. The number of fused-ring (bicyclic) bond motifs is 1. The molecule has 0 saturated carbocycles. The number of aromatic nitrogens is 3. The van der Waals surface area contributed by atoms with Crippen molar-refractivity contribution in [2.24, 2.45) is 11.8 Å². The van der Waals surface area contributed by atoms with Gasteiger partial charge in [-0.05, 0) is 26.0 Å². The number of aliphatic hydroxyl groups excluding tert-OH is 1. The van der Waals surface area contributed by atoms with E-state index < -0.39 is 0 Å². The lowest BCUT2D eigenvalue weighted by atomic mass is 9.99. The van der Waals surface area contributed by atoms with Crippen molar-refractivity contribution in [3.63, 3.8) is 0 Å². The summed E-state index contributed by atoms with van der Waals surface area (Å²) in [6, 6.07) is 1.43. The topological polar surface area (TPSA) is 91.7 Å². The van der Waals surface area contributed by atoms with Gasteiger partial charge in [0.25, 0.3) is 5.91 Å². The highest BCUT2D eigenvalue weighted by Gasteiger charge is 2.34. The van der Waals surface area contributed by atoms with Crippen molar-refractivity contribution in [3.8, 4) is 17.7 Å². The van der Waals surface area contributed by atoms with Crippen LogP contribution in [0.25, 0.3) is 0 Å². The van der Waals surface area contributed by atoms with Crippen LogP contribution >= 0.6 is 0 Å². The molecule has 1 aliphatic rings. The number of rotatable bonds is 7. The van der Waals surface area contributed by atoms with Gasteiger partial charge in [-0.3, -0.25) is 9.69 Å². The van der Waals surface area contributed by atoms with Crippen LogP contribution < -0.4 is 4.74 Å². The van der Waals surface area contributed by atoms with Gasteiger partial charge in [0.2, 0.25) is 5.88 Å². The molecule has 0 saturated heterocycles. The fraction of sp³-hybridized carbons (Fsp3) is 0.538. The Bertz CT molecular complexity index is 1020. The van der Waals surface area contributed by atoms with Gasteiger partial charge in [-0.1, -0.05) is 32.6 Å². The Balaban J connectivity index is 1.89. The van der Waals surface area contributed by atoms with Crippen LogP contribution in [0.3, 0.4) is 0 Å². The van der Waals surface area contributed by atoms with Gasteiger partial charge in [0.15, 0.2) is 0 Å². The SMILES string of the molecule is CC(C)CC#Cc1cnc2c(c1)C(=O)N([C@H](C)CO)C[C@H](C)[C@H](CN(C)Cc1cncnc1)O2. The number of carbonyl (C=O) groups is 1. The van der Waals surface area contributed by atoms with Crippen LogP contribution in [0.1, 0.15) is 55.6 Å². The number of likely N-dealkylation sites (N-methyl/N-ethyl adjacent to an activating group) is 1. The molecule has 2 aromatic rings. The van der Waals surface area contributed by atoms with Crippen molar-refractivity contribution >= 4 is 5.91 Å². The summed E-state index contributed by atoms with van der Waals surface area (Å²) < 4.78 is 6.35. The van der Waals surface area contributed by atoms with E-state index in [4.69, 9.17) is 4.74 Å². The molecule has 8 nitrogen and oxygen atoms in total. The Morgan fingerprint density at radius 2 is 2.00 bits per heavy atom. The van der Waals surface area contributed by atoms with Crippen LogP contribution in [0, 0.1) is 23.7 Å². The first-order valence-electron chi connectivity index (χ1n) is 11.8. The van der Waals surface area contributed by atoms with E-state index in [0.717, 1.165) is 12.0 Å². The Morgan fingerprint density at radius 1 is 1.26 bits per heavy atom. The van der Waals surface area contributed by atoms with E-state index in [1.807, 2.05) is 14.0 Å². The molecule has 1 amide bonds. The molecule has 34 heavy (non-hydrogen) atoms. The van der Waals surface area contributed by atoms with Crippen molar-refractivity contribution in [2.75, 3.05) is 26.7 Å². The predicted octanol–water partition coefficient (Wildman–Crippen LogP) is 2.62. The standard InChI is InChI=1S/C26H35N5O3/c1-18(2)7-6-8-21-9-23-25(29-12-21)34-24(15-30(5)14-22-10-27-17-28-11-22)19(3)13-31(26(23)33)20(4)16-32/h9-12,17-20,24,32H,7,13-16H2,1-5H3/t19-,20+,24-/m0/s1. The first-order chi connectivity index (χ1) is 16.3. The lowest BCUT2D eigenvalue weighted by Crippen LogP contribution is -2.49. The first-order valence-corrected chi connectivity index (χ1v) is 11.8. The lowest BCUT2D eigenvalue weighted by molar-refractivity contribution is 0.0325. The lowest BCUT2D eigenvalue weighted by Gasteiger charge is -2.37. The monoisotopic (exact) mass is 465 g/mol. The average molecular weight is 466 g/mol. The van der Waals surface area contributed by atoms with Crippen LogP contribution in [0.15, 0.2) is 31.0 Å². The summed E-state index contributed by atoms with van der Waals surface area (Å²) in [7, 11) is 2.02. The number of aliphatic hydroxyl groups is 1. The summed E-state index contributed by atoms with van der Waals surface area (Å²) in [6.07, 6.45) is 7.34. The average Bonchev–Trinajstić information content (AvgIpc) is 2.81. The largest absolute Gasteiger partial charge is 0.472 e. The van der Waals surface area contributed by atoms with Gasteiger partial charge in [0, 0.05) is 61.7 Å². The molecule has 0 radical (unpaired) electrons. The van der Waals surface area contributed by atoms with E-state index in [2.05, 4.69) is 52.5 Å². The highest BCUT2D eigenvalue weighted by molar-refractivity contribution is 5.97. The second-order valence-corrected chi connectivity index (χ2v) is 9.54. The summed E-state index contributed by atoms with van der Waals surface area (Å²) >= 11 is 0. The van der Waals surface area contributed by atoms with Gasteiger partial charge in [-0.25, -0.2) is 15.0 Å². The Morgan fingerprint density at radius 3 is 2.68 bits per heavy atom. The maximum atomic E-state index is 13.5. The number of ether oxygens (including phenoxy) is 1. The van der Waals surface area contributed by atoms with E-state index in [0.29, 0.717) is 42.6 Å². The number of carbonyl (C=O) groups excluding carboxylic acids is 1. The minimum Gasteiger partial charge on any atom is -0.472 e. The molecule has 182 valence electrons. The summed E-state index contributed by atoms with van der Waals surface area (Å²) in [6.45, 7) is 9.79. The molecule has 0 fully saturated rings. The summed E-state index contributed by atoms with van der Waals surface area (Å²) in [5, 5.41) is 9.82. The van der Waals surface area contributed by atoms with Crippen LogP contribution in [0.5, 0.6) is 5.88 Å². The molecule has 8 heteroatoms. The van der Waals surface area contributed by atoms with Gasteiger partial charge < -0.3 is 14.7 Å². The van der Waals surface area contributed by atoms with E-state index in [-0.39, 0.29) is 30.6 Å². The highest BCUT2D eigenvalue weighted by Crippen LogP contribution is 2.27.